The first-order valence-electron chi connectivity index (χ1n) is 20.7. The summed E-state index contributed by atoms with van der Waals surface area (Å²) in [6.45, 7) is 7.24. The van der Waals surface area contributed by atoms with E-state index < -0.39 is 0 Å². The maximum atomic E-state index is 12.2. The van der Waals surface area contributed by atoms with Gasteiger partial charge >= 0.3 is 0 Å². The number of carbonyl (C=O) groups excluding carboxylic acids is 2. The lowest BCUT2D eigenvalue weighted by Gasteiger charge is -2.12. The van der Waals surface area contributed by atoms with Crippen LogP contribution in [-0.2, 0) is 32.3 Å². The van der Waals surface area contributed by atoms with E-state index in [-0.39, 0.29) is 0 Å². The molecule has 0 unspecified atom stereocenters. The van der Waals surface area contributed by atoms with Crippen LogP contribution in [0.15, 0.2) is 48.5 Å². The Bertz CT molecular complexity index is 1240. The molecule has 3 rings (SSSR count). The summed E-state index contributed by atoms with van der Waals surface area (Å²) in [5, 5.41) is 4.99. The highest BCUT2D eigenvalue weighted by Crippen LogP contribution is 2.29. The second-order valence-electron chi connectivity index (χ2n) is 14.7. The molecule has 3 aromatic carbocycles. The highest BCUT2D eigenvalue weighted by Gasteiger charge is 2.08. The predicted molar refractivity (Wildman–Crippen MR) is 213 cm³/mol. The molecule has 0 amide bonds. The summed E-state index contributed by atoms with van der Waals surface area (Å²) < 4.78 is 12.2. The minimum absolute atomic E-state index is 0.449. The lowest BCUT2D eigenvalue weighted by atomic mass is 9.97. The molecule has 4 nitrogen and oxygen atoms in total. The number of benzene rings is 3. The zero-order valence-electron chi connectivity index (χ0n) is 32.1. The Morgan fingerprint density at radius 1 is 0.440 bits per heavy atom. The molecule has 0 N–H and O–H groups in total. The number of Topliss-reactive ketones (excluding diaryl/α,β-unsaturated/α-hetero) is 2. The third kappa shape index (κ3) is 17.6. The van der Waals surface area contributed by atoms with Crippen LogP contribution in [0.3, 0.4) is 0 Å². The first-order valence-corrected chi connectivity index (χ1v) is 20.7. The number of carbonyl (C=O) groups is 2. The Labute approximate surface area is 305 Å². The van der Waals surface area contributed by atoms with Gasteiger partial charge in [0.25, 0.3) is 0 Å². The predicted octanol–water partition coefficient (Wildman–Crippen LogP) is 13.6. The van der Waals surface area contributed by atoms with Crippen LogP contribution in [0.4, 0.5) is 0 Å². The van der Waals surface area contributed by atoms with Gasteiger partial charge in [-0.2, -0.15) is 0 Å². The number of ketones is 2. The Morgan fingerprint density at radius 3 is 1.16 bits per heavy atom. The minimum atomic E-state index is 0.449. The van der Waals surface area contributed by atoms with E-state index in [1.54, 1.807) is 0 Å². The first kappa shape index (κ1) is 41.9. The maximum Gasteiger partial charge on any atom is 0.132 e. The molecule has 0 saturated heterocycles. The lowest BCUT2D eigenvalue weighted by molar-refractivity contribution is -0.120. The van der Waals surface area contributed by atoms with Crippen LogP contribution in [0.25, 0.3) is 21.5 Å². The quantitative estimate of drug-likeness (QED) is 0.0484. The van der Waals surface area contributed by atoms with Gasteiger partial charge in [-0.1, -0.05) is 140 Å². The van der Waals surface area contributed by atoms with Gasteiger partial charge in [0.05, 0.1) is 13.2 Å². The van der Waals surface area contributed by atoms with Gasteiger partial charge in [-0.15, -0.1) is 0 Å². The number of rotatable bonds is 32. The SMILES string of the molecule is CCCCCCCCC(=O)CCCCCCOCc1cccc2cc3c(COCCCCCCC(=O)CCCCCCCC)cccc3cc12. The lowest BCUT2D eigenvalue weighted by Crippen LogP contribution is -1.99. The van der Waals surface area contributed by atoms with Crippen molar-refractivity contribution in [3.63, 3.8) is 0 Å². The van der Waals surface area contributed by atoms with E-state index in [1.807, 2.05) is 0 Å². The summed E-state index contributed by atoms with van der Waals surface area (Å²) >= 11 is 0. The van der Waals surface area contributed by atoms with E-state index in [9.17, 15) is 9.59 Å². The van der Waals surface area contributed by atoms with Crippen LogP contribution < -0.4 is 0 Å². The third-order valence-corrected chi connectivity index (χ3v) is 10.2. The van der Waals surface area contributed by atoms with Crippen LogP contribution in [-0.4, -0.2) is 24.8 Å². The summed E-state index contributed by atoms with van der Waals surface area (Å²) in [4.78, 5) is 24.3. The van der Waals surface area contributed by atoms with E-state index in [0.717, 1.165) is 103 Å². The summed E-state index contributed by atoms with van der Waals surface area (Å²) in [6, 6.07) is 17.6. The number of unbranched alkanes of at least 4 members (excludes halogenated alkanes) is 16. The van der Waals surface area contributed by atoms with E-state index >= 15 is 0 Å². The van der Waals surface area contributed by atoms with E-state index in [1.165, 1.54) is 96.9 Å². The molecular formula is C46H70O4. The third-order valence-electron chi connectivity index (χ3n) is 10.2. The minimum Gasteiger partial charge on any atom is -0.377 e. The average Bonchev–Trinajstić information content (AvgIpc) is 3.12. The van der Waals surface area contributed by atoms with Crippen LogP contribution in [0.1, 0.15) is 179 Å². The number of hydrogen-bond donors (Lipinski definition) is 0. The number of hydrogen-bond acceptors (Lipinski definition) is 4. The second kappa shape index (κ2) is 27.1. The Hall–Kier alpha value is -2.56. The van der Waals surface area contributed by atoms with Crippen molar-refractivity contribution >= 4 is 33.1 Å². The van der Waals surface area contributed by atoms with Crippen molar-refractivity contribution in [2.24, 2.45) is 0 Å². The monoisotopic (exact) mass is 687 g/mol. The van der Waals surface area contributed by atoms with Crippen molar-refractivity contribution in [1.82, 2.24) is 0 Å². The molecule has 0 spiro atoms. The van der Waals surface area contributed by atoms with Crippen molar-refractivity contribution in [1.29, 1.82) is 0 Å². The fraction of sp³-hybridized carbons (Fsp3) is 0.652. The van der Waals surface area contributed by atoms with Crippen molar-refractivity contribution in [2.45, 2.75) is 181 Å². The second-order valence-corrected chi connectivity index (χ2v) is 14.7. The average molecular weight is 687 g/mol. The van der Waals surface area contributed by atoms with Gasteiger partial charge in [-0.05, 0) is 83.3 Å². The molecule has 50 heavy (non-hydrogen) atoms. The Morgan fingerprint density at radius 2 is 0.780 bits per heavy atom. The standard InChI is InChI=1S/C46H70O4/c1-3-5-7-9-11-17-29-43(47)31-19-13-15-21-33-49-37-41-27-23-25-39-36-46-40(35-45(39)41)26-24-28-42(46)38-50-34-22-16-14-20-32-44(48)30-18-12-10-8-6-4-2/h23-28,35-36H,3-22,29-34,37-38H2,1-2H3. The van der Waals surface area contributed by atoms with Gasteiger partial charge in [0.15, 0.2) is 0 Å². The fourth-order valence-electron chi connectivity index (χ4n) is 7.01. The fourth-order valence-corrected chi connectivity index (χ4v) is 7.01. The molecule has 0 saturated carbocycles. The zero-order chi connectivity index (χ0) is 35.5. The topological polar surface area (TPSA) is 52.6 Å². The number of fused-ring (bicyclic) bond motifs is 2. The van der Waals surface area contributed by atoms with Crippen LogP contribution in [0, 0.1) is 0 Å². The summed E-state index contributed by atoms with van der Waals surface area (Å²) in [6.07, 6.45) is 26.5. The molecule has 0 bridgehead atoms. The molecule has 0 radical (unpaired) electrons. The van der Waals surface area contributed by atoms with Crippen molar-refractivity contribution in [3.8, 4) is 0 Å². The number of ether oxygens (including phenoxy) is 2. The van der Waals surface area contributed by atoms with Gasteiger partial charge < -0.3 is 9.47 Å². The summed E-state index contributed by atoms with van der Waals surface area (Å²) in [7, 11) is 0. The molecule has 0 atom stereocenters. The maximum absolute atomic E-state index is 12.2. The normalized spacial score (nSPS) is 11.6. The molecule has 0 aliphatic heterocycles. The smallest absolute Gasteiger partial charge is 0.132 e. The molecule has 278 valence electrons. The van der Waals surface area contributed by atoms with Gasteiger partial charge in [0.2, 0.25) is 0 Å². The molecule has 0 heterocycles. The molecule has 0 aliphatic carbocycles. The Balaban J connectivity index is 1.29. The molecule has 0 aliphatic rings. The first-order chi connectivity index (χ1) is 24.6. The molecule has 0 aromatic heterocycles. The summed E-state index contributed by atoms with van der Waals surface area (Å²) in [5.74, 6) is 0.899. The van der Waals surface area contributed by atoms with E-state index in [0.29, 0.717) is 24.8 Å². The van der Waals surface area contributed by atoms with Crippen LogP contribution >= 0.6 is 0 Å². The van der Waals surface area contributed by atoms with Crippen molar-refractivity contribution in [3.05, 3.63) is 59.7 Å². The summed E-state index contributed by atoms with van der Waals surface area (Å²) in [5.41, 5.74) is 2.46. The molecule has 0 fully saturated rings. The van der Waals surface area contributed by atoms with Crippen LogP contribution in [0.5, 0.6) is 0 Å². The Kier molecular flexibility index (Phi) is 22.7. The zero-order valence-corrected chi connectivity index (χ0v) is 32.1. The van der Waals surface area contributed by atoms with Crippen molar-refractivity contribution < 1.29 is 19.1 Å². The molecule has 4 heteroatoms. The molecule has 3 aromatic rings. The van der Waals surface area contributed by atoms with Gasteiger partial charge in [-0.25, -0.2) is 0 Å². The largest absolute Gasteiger partial charge is 0.377 e. The van der Waals surface area contributed by atoms with E-state index in [4.69, 9.17) is 9.47 Å². The van der Waals surface area contributed by atoms with Crippen molar-refractivity contribution in [2.75, 3.05) is 13.2 Å². The highest BCUT2D eigenvalue weighted by atomic mass is 16.5. The molecular weight excluding hydrogens is 617 g/mol. The van der Waals surface area contributed by atoms with Crippen LogP contribution in [0.2, 0.25) is 0 Å². The highest BCUT2D eigenvalue weighted by molar-refractivity contribution is 6.00. The van der Waals surface area contributed by atoms with Gasteiger partial charge in [0.1, 0.15) is 11.6 Å². The van der Waals surface area contributed by atoms with Gasteiger partial charge in [-0.3, -0.25) is 9.59 Å². The van der Waals surface area contributed by atoms with Gasteiger partial charge in [0, 0.05) is 38.9 Å². The van der Waals surface area contributed by atoms with E-state index in [2.05, 4.69) is 62.4 Å².